The van der Waals surface area contributed by atoms with Crippen molar-refractivity contribution in [3.8, 4) is 22.4 Å². The minimum atomic E-state index is -0.276. The molecule has 0 atom stereocenters. The van der Waals surface area contributed by atoms with E-state index in [1.165, 1.54) is 12.1 Å². The van der Waals surface area contributed by atoms with Crippen LogP contribution in [0.5, 0.6) is 0 Å². The molecule has 4 rings (SSSR count). The Morgan fingerprint density at radius 2 is 1.43 bits per heavy atom. The fourth-order valence-corrected chi connectivity index (χ4v) is 4.60. The van der Waals surface area contributed by atoms with Gasteiger partial charge in [0.2, 0.25) is 0 Å². The van der Waals surface area contributed by atoms with Crippen LogP contribution in [0, 0.1) is 11.7 Å². The smallest absolute Gasteiger partial charge is 0.258 e. The number of hydrogen-bond donors (Lipinski definition) is 1. The first kappa shape index (κ1) is 24.5. The monoisotopic (exact) mass is 468 g/mol. The van der Waals surface area contributed by atoms with Crippen LogP contribution in [0.15, 0.2) is 84.9 Å². The number of rotatable bonds is 8. The summed E-state index contributed by atoms with van der Waals surface area (Å²) in [6.45, 7) is 9.44. The van der Waals surface area contributed by atoms with Crippen molar-refractivity contribution in [2.45, 2.75) is 46.6 Å². The van der Waals surface area contributed by atoms with Crippen molar-refractivity contribution in [2.24, 2.45) is 5.92 Å². The van der Waals surface area contributed by atoms with Crippen LogP contribution in [0.25, 0.3) is 22.4 Å². The van der Waals surface area contributed by atoms with Crippen LogP contribution in [0.4, 0.5) is 10.1 Å². The molecule has 0 spiro atoms. The molecule has 180 valence electrons. The van der Waals surface area contributed by atoms with E-state index in [1.807, 2.05) is 72.8 Å². The molecule has 0 saturated carbocycles. The number of carbonyl (C=O) groups excluding carboxylic acids is 1. The van der Waals surface area contributed by atoms with Crippen molar-refractivity contribution in [1.29, 1.82) is 0 Å². The molecule has 4 heteroatoms. The largest absolute Gasteiger partial charge is 0.343 e. The number of halogens is 1. The van der Waals surface area contributed by atoms with E-state index in [1.54, 1.807) is 0 Å². The maximum Gasteiger partial charge on any atom is 0.258 e. The van der Waals surface area contributed by atoms with Crippen LogP contribution in [0.3, 0.4) is 0 Å². The Morgan fingerprint density at radius 1 is 0.829 bits per heavy atom. The van der Waals surface area contributed by atoms with Crippen molar-refractivity contribution in [2.75, 3.05) is 5.32 Å². The van der Waals surface area contributed by atoms with E-state index < -0.39 is 0 Å². The Bertz CT molecular complexity index is 1270. The zero-order chi connectivity index (χ0) is 24.9. The number of nitrogens with zero attached hydrogens (tertiary/aromatic N) is 1. The highest BCUT2D eigenvalue weighted by Gasteiger charge is 2.30. The molecule has 1 heterocycles. The molecule has 0 bridgehead atoms. The highest BCUT2D eigenvalue weighted by atomic mass is 19.1. The summed E-state index contributed by atoms with van der Waals surface area (Å²) in [6, 6.07) is 26.2. The van der Waals surface area contributed by atoms with Crippen molar-refractivity contribution >= 4 is 11.6 Å². The highest BCUT2D eigenvalue weighted by molar-refractivity contribution is 6.12. The number of para-hydroxylation sites is 1. The lowest BCUT2D eigenvalue weighted by Crippen LogP contribution is -2.16. The number of aromatic nitrogens is 1. The standard InChI is InChI=1S/C31H33FN2O/c1-21(2)19-20-34-29(22(3)4)28(31(35)33-26-13-9-6-10-14-26)27(23-11-7-5-8-12-23)30(34)24-15-17-25(32)18-16-24/h5-18,21-22H,19-20H2,1-4H3,(H,33,35). The molecule has 35 heavy (non-hydrogen) atoms. The molecular formula is C31H33FN2O. The zero-order valence-electron chi connectivity index (χ0n) is 20.9. The van der Waals surface area contributed by atoms with Gasteiger partial charge in [0.25, 0.3) is 5.91 Å². The Kier molecular flexibility index (Phi) is 7.50. The van der Waals surface area contributed by atoms with Gasteiger partial charge >= 0.3 is 0 Å². The molecule has 0 fully saturated rings. The predicted molar refractivity (Wildman–Crippen MR) is 143 cm³/mol. The van der Waals surface area contributed by atoms with Crippen LogP contribution in [-0.4, -0.2) is 10.5 Å². The summed E-state index contributed by atoms with van der Waals surface area (Å²) in [7, 11) is 0. The van der Waals surface area contributed by atoms with Gasteiger partial charge in [-0.25, -0.2) is 4.39 Å². The molecule has 1 N–H and O–H groups in total. The third-order valence-corrected chi connectivity index (χ3v) is 6.22. The number of anilines is 1. The Balaban J connectivity index is 2.03. The van der Waals surface area contributed by atoms with E-state index in [-0.39, 0.29) is 17.6 Å². The third kappa shape index (κ3) is 5.37. The van der Waals surface area contributed by atoms with Crippen molar-refractivity contribution < 1.29 is 9.18 Å². The topological polar surface area (TPSA) is 34.0 Å². The fourth-order valence-electron chi connectivity index (χ4n) is 4.60. The number of carbonyl (C=O) groups is 1. The van der Waals surface area contributed by atoms with Crippen molar-refractivity contribution in [3.05, 3.63) is 102 Å². The molecule has 0 radical (unpaired) electrons. The van der Waals surface area contributed by atoms with Crippen LogP contribution in [0.2, 0.25) is 0 Å². The third-order valence-electron chi connectivity index (χ3n) is 6.22. The van der Waals surface area contributed by atoms with Gasteiger partial charge in [-0.3, -0.25) is 4.79 Å². The molecule has 0 saturated heterocycles. The summed E-state index contributed by atoms with van der Waals surface area (Å²) in [6.07, 6.45) is 0.969. The maximum atomic E-state index is 13.9. The van der Waals surface area contributed by atoms with Gasteiger partial charge < -0.3 is 9.88 Å². The van der Waals surface area contributed by atoms with Crippen LogP contribution in [0.1, 0.15) is 56.1 Å². The predicted octanol–water partition coefficient (Wildman–Crippen LogP) is 8.38. The molecule has 0 aliphatic rings. The van der Waals surface area contributed by atoms with Gasteiger partial charge in [-0.15, -0.1) is 0 Å². The first-order valence-electron chi connectivity index (χ1n) is 12.3. The number of hydrogen-bond acceptors (Lipinski definition) is 1. The second-order valence-corrected chi connectivity index (χ2v) is 9.67. The zero-order valence-corrected chi connectivity index (χ0v) is 20.9. The SMILES string of the molecule is CC(C)CCn1c(-c2ccc(F)cc2)c(-c2ccccc2)c(C(=O)Nc2ccccc2)c1C(C)C. The molecule has 3 aromatic carbocycles. The summed E-state index contributed by atoms with van der Waals surface area (Å²) in [5.41, 5.74) is 6.14. The second-order valence-electron chi connectivity index (χ2n) is 9.67. The molecule has 0 aliphatic carbocycles. The summed E-state index contributed by atoms with van der Waals surface area (Å²) in [4.78, 5) is 13.9. The summed E-state index contributed by atoms with van der Waals surface area (Å²) in [5, 5.41) is 3.12. The molecule has 1 amide bonds. The van der Waals surface area contributed by atoms with Gasteiger partial charge in [0.05, 0.1) is 11.3 Å². The van der Waals surface area contributed by atoms with Crippen LogP contribution >= 0.6 is 0 Å². The lowest BCUT2D eigenvalue weighted by atomic mass is 9.94. The fraction of sp³-hybridized carbons (Fsp3) is 0.258. The van der Waals surface area contributed by atoms with Gasteiger partial charge in [-0.2, -0.15) is 0 Å². The van der Waals surface area contributed by atoms with E-state index in [2.05, 4.69) is 37.6 Å². The number of nitrogens with one attached hydrogen (secondary N) is 1. The second kappa shape index (κ2) is 10.7. The average molecular weight is 469 g/mol. The molecule has 0 aliphatic heterocycles. The minimum Gasteiger partial charge on any atom is -0.343 e. The summed E-state index contributed by atoms with van der Waals surface area (Å²) < 4.78 is 16.2. The normalized spacial score (nSPS) is 11.3. The Labute approximate surface area is 207 Å². The van der Waals surface area contributed by atoms with Crippen molar-refractivity contribution in [3.63, 3.8) is 0 Å². The van der Waals surface area contributed by atoms with E-state index in [9.17, 15) is 9.18 Å². The van der Waals surface area contributed by atoms with E-state index >= 15 is 0 Å². The Morgan fingerprint density at radius 3 is 2.00 bits per heavy atom. The molecule has 4 aromatic rings. The molecule has 1 aromatic heterocycles. The number of benzene rings is 3. The maximum absolute atomic E-state index is 13.9. The van der Waals surface area contributed by atoms with Gasteiger partial charge in [0, 0.05) is 23.5 Å². The van der Waals surface area contributed by atoms with E-state index in [0.29, 0.717) is 11.5 Å². The lowest BCUT2D eigenvalue weighted by Gasteiger charge is -2.18. The average Bonchev–Trinajstić information content (AvgIpc) is 3.20. The molecule has 3 nitrogen and oxygen atoms in total. The quantitative estimate of drug-likeness (QED) is 0.277. The van der Waals surface area contributed by atoms with E-state index in [0.717, 1.165) is 46.7 Å². The van der Waals surface area contributed by atoms with Gasteiger partial charge in [-0.05, 0) is 65.8 Å². The highest BCUT2D eigenvalue weighted by Crippen LogP contribution is 2.42. The van der Waals surface area contributed by atoms with Gasteiger partial charge in [-0.1, -0.05) is 76.2 Å². The lowest BCUT2D eigenvalue weighted by molar-refractivity contribution is 0.102. The van der Waals surface area contributed by atoms with Crippen LogP contribution in [-0.2, 0) is 6.54 Å². The molecule has 0 unspecified atom stereocenters. The molecular weight excluding hydrogens is 435 g/mol. The minimum absolute atomic E-state index is 0.107. The van der Waals surface area contributed by atoms with Crippen LogP contribution < -0.4 is 5.32 Å². The summed E-state index contributed by atoms with van der Waals surface area (Å²) >= 11 is 0. The number of amides is 1. The summed E-state index contributed by atoms with van der Waals surface area (Å²) in [5.74, 6) is 0.197. The first-order chi connectivity index (χ1) is 16.9. The van der Waals surface area contributed by atoms with Gasteiger partial charge in [0.15, 0.2) is 0 Å². The van der Waals surface area contributed by atoms with Crippen molar-refractivity contribution in [1.82, 2.24) is 4.57 Å². The van der Waals surface area contributed by atoms with E-state index in [4.69, 9.17) is 0 Å². The van der Waals surface area contributed by atoms with Gasteiger partial charge in [0.1, 0.15) is 5.82 Å². The first-order valence-corrected chi connectivity index (χ1v) is 12.3. The Hall–Kier alpha value is -3.66.